The zero-order valence-corrected chi connectivity index (χ0v) is 5.22. The molecule has 0 aliphatic heterocycles. The van der Waals surface area contributed by atoms with E-state index in [2.05, 4.69) is 0 Å². The Morgan fingerprint density at radius 2 is 2.00 bits per heavy atom. The van der Waals surface area contributed by atoms with Crippen molar-refractivity contribution in [2.24, 2.45) is 17.4 Å². The van der Waals surface area contributed by atoms with Crippen LogP contribution in [0.25, 0.3) is 0 Å². The van der Waals surface area contributed by atoms with Crippen LogP contribution in [-0.2, 0) is 0 Å². The first-order chi connectivity index (χ1) is 4.20. The van der Waals surface area contributed by atoms with Gasteiger partial charge in [-0.15, -0.1) is 0 Å². The van der Waals surface area contributed by atoms with E-state index in [0.717, 1.165) is 18.5 Å². The lowest BCUT2D eigenvalue weighted by molar-refractivity contribution is 0.982. The SMILES string of the molecule is N=C(N)C=C(N)C1CC1. The first-order valence-corrected chi connectivity index (χ1v) is 3.01. The van der Waals surface area contributed by atoms with Crippen LogP contribution in [0.15, 0.2) is 11.8 Å². The van der Waals surface area contributed by atoms with Gasteiger partial charge in [0.2, 0.25) is 0 Å². The Bertz CT molecular complexity index is 156. The molecule has 0 aromatic rings. The van der Waals surface area contributed by atoms with Crippen molar-refractivity contribution >= 4 is 5.84 Å². The quantitative estimate of drug-likeness (QED) is 0.363. The zero-order chi connectivity index (χ0) is 6.85. The van der Waals surface area contributed by atoms with Gasteiger partial charge in [-0.05, 0) is 24.8 Å². The largest absolute Gasteiger partial charge is 0.402 e. The molecule has 1 aliphatic carbocycles. The Kier molecular flexibility index (Phi) is 1.42. The van der Waals surface area contributed by atoms with E-state index in [1.54, 1.807) is 0 Å². The average Bonchev–Trinajstić information content (AvgIpc) is 2.40. The Balaban J connectivity index is 2.47. The Hall–Kier alpha value is -0.990. The molecule has 0 radical (unpaired) electrons. The maximum absolute atomic E-state index is 6.87. The lowest BCUT2D eigenvalue weighted by Gasteiger charge is -1.93. The molecule has 1 fully saturated rings. The minimum absolute atomic E-state index is 0.0550. The van der Waals surface area contributed by atoms with Gasteiger partial charge < -0.3 is 11.5 Å². The second kappa shape index (κ2) is 2.09. The number of hydrogen-bond donors (Lipinski definition) is 3. The van der Waals surface area contributed by atoms with Gasteiger partial charge in [0, 0.05) is 5.70 Å². The highest BCUT2D eigenvalue weighted by Gasteiger charge is 2.23. The summed E-state index contributed by atoms with van der Waals surface area (Å²) in [5.41, 5.74) is 11.4. The molecule has 0 aromatic heterocycles. The average molecular weight is 125 g/mol. The van der Waals surface area contributed by atoms with Crippen molar-refractivity contribution in [1.82, 2.24) is 0 Å². The molecule has 1 aliphatic rings. The lowest BCUT2D eigenvalue weighted by atomic mass is 10.3. The molecule has 0 saturated heterocycles. The molecule has 3 heteroatoms. The van der Waals surface area contributed by atoms with Crippen molar-refractivity contribution in [3.63, 3.8) is 0 Å². The van der Waals surface area contributed by atoms with Gasteiger partial charge in [-0.1, -0.05) is 0 Å². The molecule has 0 spiro atoms. The third-order valence-corrected chi connectivity index (χ3v) is 1.37. The van der Waals surface area contributed by atoms with E-state index in [1.165, 1.54) is 6.08 Å². The topological polar surface area (TPSA) is 75.9 Å². The van der Waals surface area contributed by atoms with Gasteiger partial charge in [0.25, 0.3) is 0 Å². The molecule has 0 bridgehead atoms. The van der Waals surface area contributed by atoms with Gasteiger partial charge in [0.05, 0.1) is 0 Å². The second-order valence-corrected chi connectivity index (χ2v) is 2.37. The summed E-state index contributed by atoms with van der Waals surface area (Å²) >= 11 is 0. The maximum atomic E-state index is 6.87. The molecule has 0 aromatic carbocycles. The minimum Gasteiger partial charge on any atom is -0.402 e. The number of nitrogens with two attached hydrogens (primary N) is 2. The summed E-state index contributed by atoms with van der Waals surface area (Å²) in [6.45, 7) is 0. The predicted molar refractivity (Wildman–Crippen MR) is 36.9 cm³/mol. The van der Waals surface area contributed by atoms with E-state index in [0.29, 0.717) is 5.92 Å². The van der Waals surface area contributed by atoms with Crippen molar-refractivity contribution < 1.29 is 0 Å². The fourth-order valence-corrected chi connectivity index (χ4v) is 0.714. The van der Waals surface area contributed by atoms with Crippen LogP contribution in [0.4, 0.5) is 0 Å². The zero-order valence-electron chi connectivity index (χ0n) is 5.22. The molecule has 0 amide bonds. The van der Waals surface area contributed by atoms with Crippen LogP contribution in [0.1, 0.15) is 12.8 Å². The Morgan fingerprint density at radius 1 is 1.44 bits per heavy atom. The van der Waals surface area contributed by atoms with E-state index in [4.69, 9.17) is 16.9 Å². The standard InChI is InChI=1S/C6H11N3/c7-5(3-6(8)9)4-1-2-4/h3-4H,1-2,7H2,(H3,8,9). The van der Waals surface area contributed by atoms with E-state index in [9.17, 15) is 0 Å². The highest BCUT2D eigenvalue weighted by molar-refractivity contribution is 5.89. The fraction of sp³-hybridized carbons (Fsp3) is 0.500. The van der Waals surface area contributed by atoms with Crippen molar-refractivity contribution in [2.45, 2.75) is 12.8 Å². The monoisotopic (exact) mass is 125 g/mol. The van der Waals surface area contributed by atoms with Crippen LogP contribution in [0.2, 0.25) is 0 Å². The van der Waals surface area contributed by atoms with Crippen LogP contribution in [0.5, 0.6) is 0 Å². The molecule has 0 atom stereocenters. The first kappa shape index (κ1) is 6.13. The van der Waals surface area contributed by atoms with Gasteiger partial charge in [0.1, 0.15) is 5.84 Å². The van der Waals surface area contributed by atoms with E-state index in [1.807, 2.05) is 0 Å². The highest BCUT2D eigenvalue weighted by Crippen LogP contribution is 2.33. The number of allylic oxidation sites excluding steroid dienone is 1. The molecule has 1 saturated carbocycles. The van der Waals surface area contributed by atoms with E-state index in [-0.39, 0.29) is 5.84 Å². The third kappa shape index (κ3) is 1.76. The molecule has 3 nitrogen and oxygen atoms in total. The summed E-state index contributed by atoms with van der Waals surface area (Å²) in [7, 11) is 0. The van der Waals surface area contributed by atoms with Crippen molar-refractivity contribution in [2.75, 3.05) is 0 Å². The van der Waals surface area contributed by atoms with Crippen LogP contribution >= 0.6 is 0 Å². The van der Waals surface area contributed by atoms with Gasteiger partial charge in [-0.25, -0.2) is 0 Å². The van der Waals surface area contributed by atoms with Crippen LogP contribution in [0.3, 0.4) is 0 Å². The predicted octanol–water partition coefficient (Wildman–Crippen LogP) is 0.175. The van der Waals surface area contributed by atoms with E-state index < -0.39 is 0 Å². The maximum Gasteiger partial charge on any atom is 0.117 e. The molecule has 50 valence electrons. The van der Waals surface area contributed by atoms with Crippen LogP contribution in [-0.4, -0.2) is 5.84 Å². The highest BCUT2D eigenvalue weighted by atomic mass is 14.7. The molecule has 0 unspecified atom stereocenters. The number of rotatable bonds is 2. The fourth-order valence-electron chi connectivity index (χ4n) is 0.714. The van der Waals surface area contributed by atoms with Gasteiger partial charge in [-0.2, -0.15) is 0 Å². The van der Waals surface area contributed by atoms with Gasteiger partial charge in [-0.3, -0.25) is 5.41 Å². The summed E-state index contributed by atoms with van der Waals surface area (Å²) in [5.74, 6) is 0.577. The van der Waals surface area contributed by atoms with Gasteiger partial charge >= 0.3 is 0 Å². The normalized spacial score (nSPS) is 19.8. The smallest absolute Gasteiger partial charge is 0.117 e. The number of hydrogen-bond acceptors (Lipinski definition) is 2. The Morgan fingerprint density at radius 3 is 2.33 bits per heavy atom. The number of amidine groups is 1. The molecule has 1 rings (SSSR count). The van der Waals surface area contributed by atoms with Crippen molar-refractivity contribution in [3.05, 3.63) is 11.8 Å². The second-order valence-electron chi connectivity index (χ2n) is 2.37. The Labute approximate surface area is 54.2 Å². The molecular weight excluding hydrogens is 114 g/mol. The summed E-state index contributed by atoms with van der Waals surface area (Å²) in [5, 5.41) is 6.87. The van der Waals surface area contributed by atoms with Crippen LogP contribution < -0.4 is 11.5 Å². The summed E-state index contributed by atoms with van der Waals surface area (Å²) in [4.78, 5) is 0. The number of nitrogens with one attached hydrogen (secondary N) is 1. The minimum atomic E-state index is 0.0550. The van der Waals surface area contributed by atoms with Gasteiger partial charge in [0.15, 0.2) is 0 Å². The third-order valence-electron chi connectivity index (χ3n) is 1.37. The molecule has 5 N–H and O–H groups in total. The molecule has 0 heterocycles. The first-order valence-electron chi connectivity index (χ1n) is 3.01. The van der Waals surface area contributed by atoms with Crippen molar-refractivity contribution in [1.29, 1.82) is 5.41 Å². The lowest BCUT2D eigenvalue weighted by Crippen LogP contribution is -2.10. The summed E-state index contributed by atoms with van der Waals surface area (Å²) in [6.07, 6.45) is 3.85. The van der Waals surface area contributed by atoms with Crippen LogP contribution in [0, 0.1) is 11.3 Å². The van der Waals surface area contributed by atoms with E-state index >= 15 is 0 Å². The summed E-state index contributed by atoms with van der Waals surface area (Å²) in [6, 6.07) is 0. The molecule has 9 heavy (non-hydrogen) atoms. The molecular formula is C6H11N3. The van der Waals surface area contributed by atoms with Crippen molar-refractivity contribution in [3.8, 4) is 0 Å². The summed E-state index contributed by atoms with van der Waals surface area (Å²) < 4.78 is 0.